The summed E-state index contributed by atoms with van der Waals surface area (Å²) in [6.07, 6.45) is 0.204. The molecule has 108 valence electrons. The van der Waals surface area contributed by atoms with Gasteiger partial charge < -0.3 is 15.8 Å². The molecule has 5 heteroatoms. The van der Waals surface area contributed by atoms with Crippen LogP contribution in [0.25, 0.3) is 0 Å². The topological polar surface area (TPSA) is 81.4 Å². The van der Waals surface area contributed by atoms with Crippen LogP contribution in [0.2, 0.25) is 0 Å². The molecule has 0 aromatic heterocycles. The maximum Gasteiger partial charge on any atom is 0.339 e. The number of esters is 1. The zero-order valence-corrected chi connectivity index (χ0v) is 11.6. The van der Waals surface area contributed by atoms with E-state index in [1.165, 1.54) is 7.11 Å². The van der Waals surface area contributed by atoms with Crippen molar-refractivity contribution in [1.82, 2.24) is 0 Å². The first-order chi connectivity index (χ1) is 10.1. The lowest BCUT2D eigenvalue weighted by Crippen LogP contribution is -2.17. The number of hydrogen-bond acceptors (Lipinski definition) is 4. The quantitative estimate of drug-likeness (QED) is 0.666. The zero-order valence-electron chi connectivity index (χ0n) is 11.6. The van der Waals surface area contributed by atoms with Gasteiger partial charge >= 0.3 is 5.97 Å². The van der Waals surface area contributed by atoms with Crippen molar-refractivity contribution in [3.63, 3.8) is 0 Å². The smallest absolute Gasteiger partial charge is 0.339 e. The van der Waals surface area contributed by atoms with Gasteiger partial charge in [0.25, 0.3) is 0 Å². The lowest BCUT2D eigenvalue weighted by atomic mass is 10.1. The Morgan fingerprint density at radius 2 is 1.76 bits per heavy atom. The maximum atomic E-state index is 12.0. The van der Waals surface area contributed by atoms with Crippen molar-refractivity contribution < 1.29 is 14.3 Å². The lowest BCUT2D eigenvalue weighted by molar-refractivity contribution is -0.115. The van der Waals surface area contributed by atoms with Crippen molar-refractivity contribution in [3.05, 3.63) is 59.7 Å². The summed E-state index contributed by atoms with van der Waals surface area (Å²) in [5.74, 6) is -0.700. The summed E-state index contributed by atoms with van der Waals surface area (Å²) >= 11 is 0. The van der Waals surface area contributed by atoms with Gasteiger partial charge in [-0.3, -0.25) is 4.79 Å². The third kappa shape index (κ3) is 3.82. The summed E-state index contributed by atoms with van der Waals surface area (Å²) in [5.41, 5.74) is 7.85. The molecule has 0 saturated carbocycles. The van der Waals surface area contributed by atoms with Gasteiger partial charge in [-0.1, -0.05) is 24.3 Å². The molecule has 3 N–H and O–H groups in total. The van der Waals surface area contributed by atoms with Crippen molar-refractivity contribution in [2.75, 3.05) is 18.2 Å². The predicted molar refractivity (Wildman–Crippen MR) is 81.0 cm³/mol. The van der Waals surface area contributed by atoms with Gasteiger partial charge in [0.15, 0.2) is 0 Å². The van der Waals surface area contributed by atoms with E-state index in [4.69, 9.17) is 5.73 Å². The SMILES string of the molecule is COC(=O)c1ccccc1NC(=O)Cc1ccc(N)cc1. The summed E-state index contributed by atoms with van der Waals surface area (Å²) < 4.78 is 4.69. The fourth-order valence-electron chi connectivity index (χ4n) is 1.90. The average Bonchev–Trinajstić information content (AvgIpc) is 2.49. The van der Waals surface area contributed by atoms with Crippen LogP contribution in [0.4, 0.5) is 11.4 Å². The maximum absolute atomic E-state index is 12.0. The minimum absolute atomic E-state index is 0.204. The van der Waals surface area contributed by atoms with E-state index >= 15 is 0 Å². The summed E-state index contributed by atoms with van der Waals surface area (Å²) in [6, 6.07) is 13.8. The Morgan fingerprint density at radius 3 is 2.43 bits per heavy atom. The first kappa shape index (κ1) is 14.6. The number of para-hydroxylation sites is 1. The number of anilines is 2. The third-order valence-corrected chi connectivity index (χ3v) is 2.95. The summed E-state index contributed by atoms with van der Waals surface area (Å²) in [4.78, 5) is 23.7. The van der Waals surface area contributed by atoms with Crippen LogP contribution in [0.3, 0.4) is 0 Å². The van der Waals surface area contributed by atoms with Gasteiger partial charge in [-0.05, 0) is 29.8 Å². The monoisotopic (exact) mass is 284 g/mol. The van der Waals surface area contributed by atoms with Gasteiger partial charge in [0, 0.05) is 5.69 Å². The number of amides is 1. The predicted octanol–water partition coefficient (Wildman–Crippen LogP) is 2.24. The molecule has 0 fully saturated rings. The number of rotatable bonds is 4. The van der Waals surface area contributed by atoms with E-state index in [9.17, 15) is 9.59 Å². The van der Waals surface area contributed by atoms with E-state index in [1.54, 1.807) is 48.5 Å². The molecule has 0 aliphatic carbocycles. The van der Waals surface area contributed by atoms with Crippen molar-refractivity contribution in [2.45, 2.75) is 6.42 Å². The molecule has 2 rings (SSSR count). The average molecular weight is 284 g/mol. The molecular weight excluding hydrogens is 268 g/mol. The van der Waals surface area contributed by atoms with Crippen LogP contribution in [0.1, 0.15) is 15.9 Å². The zero-order chi connectivity index (χ0) is 15.2. The second-order valence-electron chi connectivity index (χ2n) is 4.50. The second kappa shape index (κ2) is 6.56. The van der Waals surface area contributed by atoms with Gasteiger partial charge in [-0.15, -0.1) is 0 Å². The number of hydrogen-bond donors (Lipinski definition) is 2. The fraction of sp³-hybridized carbons (Fsp3) is 0.125. The fourth-order valence-corrected chi connectivity index (χ4v) is 1.90. The van der Waals surface area contributed by atoms with Gasteiger partial charge in [-0.2, -0.15) is 0 Å². The minimum atomic E-state index is -0.488. The Morgan fingerprint density at radius 1 is 1.10 bits per heavy atom. The number of carbonyl (C=O) groups excluding carboxylic acids is 2. The highest BCUT2D eigenvalue weighted by Gasteiger charge is 2.13. The molecule has 0 bridgehead atoms. The van der Waals surface area contributed by atoms with Crippen molar-refractivity contribution in [1.29, 1.82) is 0 Å². The summed E-state index contributed by atoms with van der Waals surface area (Å²) in [5, 5.41) is 2.72. The van der Waals surface area contributed by atoms with E-state index in [0.717, 1.165) is 5.56 Å². The Labute approximate surface area is 122 Å². The van der Waals surface area contributed by atoms with E-state index in [0.29, 0.717) is 16.9 Å². The van der Waals surface area contributed by atoms with E-state index in [2.05, 4.69) is 10.1 Å². The highest BCUT2D eigenvalue weighted by Crippen LogP contribution is 2.16. The molecule has 0 radical (unpaired) electrons. The Balaban J connectivity index is 2.09. The van der Waals surface area contributed by atoms with Crippen molar-refractivity contribution >= 4 is 23.3 Å². The number of nitrogens with one attached hydrogen (secondary N) is 1. The first-order valence-electron chi connectivity index (χ1n) is 6.42. The molecule has 0 atom stereocenters. The molecule has 0 saturated heterocycles. The van der Waals surface area contributed by atoms with Gasteiger partial charge in [0.1, 0.15) is 0 Å². The van der Waals surface area contributed by atoms with Crippen LogP contribution in [0.5, 0.6) is 0 Å². The Kier molecular flexibility index (Phi) is 4.56. The van der Waals surface area contributed by atoms with Crippen LogP contribution in [-0.2, 0) is 16.0 Å². The first-order valence-corrected chi connectivity index (χ1v) is 6.42. The van der Waals surface area contributed by atoms with Gasteiger partial charge in [0.05, 0.1) is 24.8 Å². The largest absolute Gasteiger partial charge is 0.465 e. The summed E-state index contributed by atoms with van der Waals surface area (Å²) in [7, 11) is 1.30. The number of nitrogens with two attached hydrogens (primary N) is 1. The van der Waals surface area contributed by atoms with Crippen LogP contribution in [0.15, 0.2) is 48.5 Å². The van der Waals surface area contributed by atoms with Gasteiger partial charge in [-0.25, -0.2) is 4.79 Å². The molecule has 2 aromatic carbocycles. The van der Waals surface area contributed by atoms with Crippen LogP contribution in [-0.4, -0.2) is 19.0 Å². The molecule has 0 unspecified atom stereocenters. The number of ether oxygens (including phenoxy) is 1. The number of carbonyl (C=O) groups is 2. The van der Waals surface area contributed by atoms with Gasteiger partial charge in [0.2, 0.25) is 5.91 Å². The van der Waals surface area contributed by atoms with E-state index in [-0.39, 0.29) is 12.3 Å². The highest BCUT2D eigenvalue weighted by atomic mass is 16.5. The summed E-state index contributed by atoms with van der Waals surface area (Å²) in [6.45, 7) is 0. The molecule has 5 nitrogen and oxygen atoms in total. The van der Waals surface area contributed by atoms with Crippen molar-refractivity contribution in [2.24, 2.45) is 0 Å². The molecule has 0 heterocycles. The Hall–Kier alpha value is -2.82. The number of methoxy groups -OCH3 is 1. The Bertz CT molecular complexity index is 651. The van der Waals surface area contributed by atoms with Crippen LogP contribution < -0.4 is 11.1 Å². The molecular formula is C16H16N2O3. The normalized spacial score (nSPS) is 9.95. The molecule has 0 aliphatic heterocycles. The van der Waals surface area contributed by atoms with E-state index < -0.39 is 5.97 Å². The standard InChI is InChI=1S/C16H16N2O3/c1-21-16(20)13-4-2-3-5-14(13)18-15(19)10-11-6-8-12(17)9-7-11/h2-9H,10,17H2,1H3,(H,18,19). The molecule has 2 aromatic rings. The lowest BCUT2D eigenvalue weighted by Gasteiger charge is -2.09. The minimum Gasteiger partial charge on any atom is -0.465 e. The third-order valence-electron chi connectivity index (χ3n) is 2.95. The molecule has 0 aliphatic rings. The number of benzene rings is 2. The van der Waals surface area contributed by atoms with Crippen molar-refractivity contribution in [3.8, 4) is 0 Å². The number of nitrogen functional groups attached to an aromatic ring is 1. The second-order valence-corrected chi connectivity index (χ2v) is 4.50. The molecule has 1 amide bonds. The van der Waals surface area contributed by atoms with Crippen LogP contribution in [0, 0.1) is 0 Å². The van der Waals surface area contributed by atoms with Crippen LogP contribution >= 0.6 is 0 Å². The molecule has 21 heavy (non-hydrogen) atoms. The molecule has 0 spiro atoms. The van der Waals surface area contributed by atoms with E-state index in [1.807, 2.05) is 0 Å². The highest BCUT2D eigenvalue weighted by molar-refractivity contribution is 6.01.